The zero-order valence-corrected chi connectivity index (χ0v) is 12.3. The van der Waals surface area contributed by atoms with Crippen LogP contribution in [0.3, 0.4) is 0 Å². The van der Waals surface area contributed by atoms with Crippen molar-refractivity contribution in [2.45, 2.75) is 12.5 Å². The van der Waals surface area contributed by atoms with Crippen molar-refractivity contribution in [2.24, 2.45) is 7.05 Å². The third kappa shape index (κ3) is 4.03. The molecule has 1 atom stereocenters. The number of aromatic nitrogens is 1. The highest BCUT2D eigenvalue weighted by molar-refractivity contribution is 9.09. The molecule has 0 spiro atoms. The zero-order chi connectivity index (χ0) is 14.4. The summed E-state index contributed by atoms with van der Waals surface area (Å²) < 4.78 is 6.27. The monoisotopic (exact) mass is 333 g/mol. The van der Waals surface area contributed by atoms with Gasteiger partial charge in [0.05, 0.1) is 19.7 Å². The third-order valence-corrected chi connectivity index (χ3v) is 3.13. The Morgan fingerprint density at radius 3 is 2.79 bits per heavy atom. The number of hydrogen-bond acceptors (Lipinski definition) is 4. The maximum absolute atomic E-state index is 12.0. The summed E-state index contributed by atoms with van der Waals surface area (Å²) in [6.45, 7) is 0.393. The minimum atomic E-state index is -0.526. The predicted molar refractivity (Wildman–Crippen MR) is 73.6 cm³/mol. The fraction of sp³-hybridized carbons (Fsp3) is 0.545. The van der Waals surface area contributed by atoms with Gasteiger partial charge in [-0.25, -0.2) is 4.57 Å². The standard InChI is InChI=1S/C11H16BrN3O4/c1-14-9(3-4-10(14)15(17)18)11(16)13-8(5-6-12)7-19-2/h3-4,8H,5-7H2,1-2H3,(H,13,16). The number of carbonyl (C=O) groups is 1. The van der Waals surface area contributed by atoms with E-state index >= 15 is 0 Å². The number of nitrogens with zero attached hydrogens (tertiary/aromatic N) is 2. The van der Waals surface area contributed by atoms with Gasteiger partial charge in [-0.05, 0) is 17.4 Å². The Morgan fingerprint density at radius 1 is 1.63 bits per heavy atom. The highest BCUT2D eigenvalue weighted by atomic mass is 79.9. The maximum atomic E-state index is 12.0. The Morgan fingerprint density at radius 2 is 2.32 bits per heavy atom. The summed E-state index contributed by atoms with van der Waals surface area (Å²) in [4.78, 5) is 22.2. The fourth-order valence-corrected chi connectivity index (χ4v) is 2.25. The number of nitro groups is 1. The molecule has 0 saturated carbocycles. The molecule has 0 radical (unpaired) electrons. The molecular formula is C11H16BrN3O4. The second-order valence-electron chi connectivity index (χ2n) is 4.00. The van der Waals surface area contributed by atoms with Gasteiger partial charge < -0.3 is 20.2 Å². The zero-order valence-electron chi connectivity index (χ0n) is 10.8. The number of halogens is 1. The minimum absolute atomic E-state index is 0.117. The smallest absolute Gasteiger partial charge is 0.323 e. The molecule has 0 fully saturated rings. The number of nitrogens with one attached hydrogen (secondary N) is 1. The summed E-state index contributed by atoms with van der Waals surface area (Å²) in [5, 5.41) is 14.2. The van der Waals surface area contributed by atoms with E-state index in [2.05, 4.69) is 21.2 Å². The third-order valence-electron chi connectivity index (χ3n) is 2.68. The van der Waals surface area contributed by atoms with Crippen molar-refractivity contribution in [3.05, 3.63) is 27.9 Å². The number of ether oxygens (including phenoxy) is 1. The number of carbonyl (C=O) groups excluding carboxylic acids is 1. The van der Waals surface area contributed by atoms with Crippen LogP contribution >= 0.6 is 15.9 Å². The number of methoxy groups -OCH3 is 1. The molecule has 0 aliphatic rings. The van der Waals surface area contributed by atoms with Crippen LogP contribution in [0.4, 0.5) is 5.82 Å². The van der Waals surface area contributed by atoms with Crippen LogP contribution in [0.25, 0.3) is 0 Å². The van der Waals surface area contributed by atoms with Crippen LogP contribution in [-0.4, -0.2) is 40.5 Å². The molecule has 0 saturated heterocycles. The molecule has 0 aliphatic heterocycles. The Balaban J connectivity index is 2.79. The lowest BCUT2D eigenvalue weighted by Gasteiger charge is -2.16. The Kier molecular flexibility index (Phi) is 5.97. The first-order chi connectivity index (χ1) is 9.01. The first-order valence-corrected chi connectivity index (χ1v) is 6.79. The quantitative estimate of drug-likeness (QED) is 0.465. The molecule has 1 unspecified atom stereocenters. The van der Waals surface area contributed by atoms with Crippen molar-refractivity contribution in [1.29, 1.82) is 0 Å². The SMILES string of the molecule is COCC(CCBr)NC(=O)c1ccc([N+](=O)[O-])n1C. The molecule has 1 aromatic heterocycles. The highest BCUT2D eigenvalue weighted by Gasteiger charge is 2.22. The van der Waals surface area contributed by atoms with E-state index in [0.29, 0.717) is 13.0 Å². The average molecular weight is 334 g/mol. The molecule has 0 bridgehead atoms. The van der Waals surface area contributed by atoms with Gasteiger partial charge >= 0.3 is 5.82 Å². The molecular weight excluding hydrogens is 318 g/mol. The van der Waals surface area contributed by atoms with E-state index in [1.165, 1.54) is 23.7 Å². The molecule has 1 aromatic rings. The van der Waals surface area contributed by atoms with Gasteiger partial charge in [0, 0.05) is 18.5 Å². The summed E-state index contributed by atoms with van der Waals surface area (Å²) in [7, 11) is 3.05. The summed E-state index contributed by atoms with van der Waals surface area (Å²) in [6, 6.07) is 2.61. The maximum Gasteiger partial charge on any atom is 0.323 e. The van der Waals surface area contributed by atoms with E-state index in [0.717, 1.165) is 5.33 Å². The second kappa shape index (κ2) is 7.25. The van der Waals surface area contributed by atoms with Crippen LogP contribution in [0, 0.1) is 10.1 Å². The fourth-order valence-electron chi connectivity index (χ4n) is 1.70. The molecule has 7 nitrogen and oxygen atoms in total. The highest BCUT2D eigenvalue weighted by Crippen LogP contribution is 2.15. The normalized spacial score (nSPS) is 12.2. The van der Waals surface area contributed by atoms with Gasteiger partial charge in [-0.2, -0.15) is 0 Å². The van der Waals surface area contributed by atoms with E-state index in [4.69, 9.17) is 4.74 Å². The molecule has 1 rings (SSSR count). The van der Waals surface area contributed by atoms with Crippen LogP contribution in [0.5, 0.6) is 0 Å². The van der Waals surface area contributed by atoms with Gasteiger partial charge in [-0.15, -0.1) is 0 Å². The van der Waals surface area contributed by atoms with Crippen molar-refractivity contribution < 1.29 is 14.5 Å². The van der Waals surface area contributed by atoms with Crippen LogP contribution in [-0.2, 0) is 11.8 Å². The van der Waals surface area contributed by atoms with Crippen LogP contribution in [0.15, 0.2) is 12.1 Å². The van der Waals surface area contributed by atoms with Crippen molar-refractivity contribution in [3.63, 3.8) is 0 Å². The van der Waals surface area contributed by atoms with Crippen molar-refractivity contribution in [2.75, 3.05) is 19.0 Å². The average Bonchev–Trinajstić information content (AvgIpc) is 2.71. The lowest BCUT2D eigenvalue weighted by atomic mass is 10.2. The van der Waals surface area contributed by atoms with E-state index in [-0.39, 0.29) is 23.5 Å². The van der Waals surface area contributed by atoms with Gasteiger partial charge in [-0.1, -0.05) is 15.9 Å². The summed E-state index contributed by atoms with van der Waals surface area (Å²) in [5.74, 6) is -0.465. The molecule has 1 N–H and O–H groups in total. The number of amides is 1. The van der Waals surface area contributed by atoms with Gasteiger partial charge in [0.2, 0.25) is 0 Å². The number of rotatable bonds is 7. The molecule has 1 amide bonds. The largest absolute Gasteiger partial charge is 0.383 e. The van der Waals surface area contributed by atoms with Crippen LogP contribution in [0.2, 0.25) is 0 Å². The summed E-state index contributed by atoms with van der Waals surface area (Å²) >= 11 is 3.30. The topological polar surface area (TPSA) is 86.4 Å². The van der Waals surface area contributed by atoms with Crippen molar-refractivity contribution >= 4 is 27.7 Å². The molecule has 1 heterocycles. The minimum Gasteiger partial charge on any atom is -0.383 e. The van der Waals surface area contributed by atoms with E-state index < -0.39 is 4.92 Å². The molecule has 8 heteroatoms. The Labute approximate surface area is 119 Å². The number of alkyl halides is 1. The molecule has 0 aliphatic carbocycles. The predicted octanol–water partition coefficient (Wildman–Crippen LogP) is 1.46. The lowest BCUT2D eigenvalue weighted by Crippen LogP contribution is -2.39. The van der Waals surface area contributed by atoms with Gasteiger partial charge in [0.15, 0.2) is 5.69 Å². The van der Waals surface area contributed by atoms with E-state index in [1.54, 1.807) is 7.11 Å². The molecule has 106 valence electrons. The van der Waals surface area contributed by atoms with Gasteiger partial charge in [0.1, 0.15) is 0 Å². The van der Waals surface area contributed by atoms with E-state index in [1.807, 2.05) is 0 Å². The van der Waals surface area contributed by atoms with Crippen LogP contribution in [0.1, 0.15) is 16.9 Å². The molecule has 19 heavy (non-hydrogen) atoms. The van der Waals surface area contributed by atoms with Gasteiger partial charge in [0.25, 0.3) is 5.91 Å². The molecule has 0 aromatic carbocycles. The lowest BCUT2D eigenvalue weighted by molar-refractivity contribution is -0.391. The van der Waals surface area contributed by atoms with E-state index in [9.17, 15) is 14.9 Å². The Hall–Kier alpha value is -1.41. The number of hydrogen-bond donors (Lipinski definition) is 1. The first kappa shape index (κ1) is 15.6. The van der Waals surface area contributed by atoms with Gasteiger partial charge in [-0.3, -0.25) is 4.79 Å². The summed E-state index contributed by atoms with van der Waals surface area (Å²) in [6.07, 6.45) is 0.714. The first-order valence-electron chi connectivity index (χ1n) is 5.67. The van der Waals surface area contributed by atoms with Crippen molar-refractivity contribution in [1.82, 2.24) is 9.88 Å². The second-order valence-corrected chi connectivity index (χ2v) is 4.79. The van der Waals surface area contributed by atoms with Crippen LogP contribution < -0.4 is 5.32 Å². The van der Waals surface area contributed by atoms with Crippen molar-refractivity contribution in [3.8, 4) is 0 Å². The summed E-state index contributed by atoms with van der Waals surface area (Å²) in [5.41, 5.74) is 0.252. The Bertz CT molecular complexity index is 455.